The molecule has 0 saturated carbocycles. The SMILES string of the molecule is C=CC(=O)Nc1ccc(C(C)=O)c([N+](=O)[O-])c1-c1ccccc1. The Labute approximate surface area is 132 Å². The second-order valence-corrected chi connectivity index (χ2v) is 4.76. The summed E-state index contributed by atoms with van der Waals surface area (Å²) in [5.41, 5.74) is 0.633. The second kappa shape index (κ2) is 6.65. The minimum absolute atomic E-state index is 0.00884. The molecule has 0 bridgehead atoms. The van der Waals surface area contributed by atoms with Crippen LogP contribution in [0, 0.1) is 10.1 Å². The third kappa shape index (κ3) is 3.32. The molecule has 0 aliphatic carbocycles. The Morgan fingerprint density at radius 2 is 1.83 bits per heavy atom. The summed E-state index contributed by atoms with van der Waals surface area (Å²) in [6.07, 6.45) is 1.07. The number of Topliss-reactive ketones (excluding diaryl/α,β-unsaturated/α-hetero) is 1. The van der Waals surface area contributed by atoms with E-state index < -0.39 is 16.6 Å². The Bertz CT molecular complexity index is 798. The fourth-order valence-electron chi connectivity index (χ4n) is 2.25. The number of nitrogens with one attached hydrogen (secondary N) is 1. The first-order valence-corrected chi connectivity index (χ1v) is 6.77. The number of nitrogens with zero attached hydrogens (tertiary/aromatic N) is 1. The lowest BCUT2D eigenvalue weighted by Crippen LogP contribution is -2.11. The van der Waals surface area contributed by atoms with Crippen molar-refractivity contribution in [3.05, 3.63) is 70.8 Å². The van der Waals surface area contributed by atoms with Crippen LogP contribution in [0.3, 0.4) is 0 Å². The van der Waals surface area contributed by atoms with Gasteiger partial charge in [-0.05, 0) is 30.7 Å². The van der Waals surface area contributed by atoms with Gasteiger partial charge in [-0.3, -0.25) is 19.7 Å². The maximum atomic E-state index is 11.7. The summed E-state index contributed by atoms with van der Waals surface area (Å²) < 4.78 is 0. The first-order chi connectivity index (χ1) is 11.0. The van der Waals surface area contributed by atoms with E-state index in [1.807, 2.05) is 0 Å². The van der Waals surface area contributed by atoms with Crippen LogP contribution in [0.15, 0.2) is 55.1 Å². The summed E-state index contributed by atoms with van der Waals surface area (Å²) in [4.78, 5) is 34.3. The van der Waals surface area contributed by atoms with E-state index in [0.29, 0.717) is 5.56 Å². The van der Waals surface area contributed by atoms with Gasteiger partial charge in [0.2, 0.25) is 5.91 Å². The third-order valence-corrected chi connectivity index (χ3v) is 3.25. The van der Waals surface area contributed by atoms with Gasteiger partial charge in [0.05, 0.1) is 21.7 Å². The molecule has 0 aliphatic rings. The van der Waals surface area contributed by atoms with Crippen LogP contribution in [-0.4, -0.2) is 16.6 Å². The van der Waals surface area contributed by atoms with Gasteiger partial charge in [-0.25, -0.2) is 0 Å². The first-order valence-electron chi connectivity index (χ1n) is 6.77. The Balaban J connectivity index is 2.81. The van der Waals surface area contributed by atoms with E-state index in [0.717, 1.165) is 6.08 Å². The number of nitro benzene ring substituents is 1. The monoisotopic (exact) mass is 310 g/mol. The van der Waals surface area contributed by atoms with Crippen LogP contribution in [0.25, 0.3) is 11.1 Å². The van der Waals surface area contributed by atoms with Crippen LogP contribution < -0.4 is 5.32 Å². The number of anilines is 1. The quantitative estimate of drug-likeness (QED) is 0.395. The van der Waals surface area contributed by atoms with Crippen LogP contribution in [0.5, 0.6) is 0 Å². The van der Waals surface area contributed by atoms with Gasteiger partial charge in [-0.15, -0.1) is 0 Å². The van der Waals surface area contributed by atoms with Gasteiger partial charge in [-0.1, -0.05) is 36.9 Å². The van der Waals surface area contributed by atoms with E-state index in [9.17, 15) is 19.7 Å². The maximum absolute atomic E-state index is 11.7. The molecule has 0 unspecified atom stereocenters. The van der Waals surface area contributed by atoms with Gasteiger partial charge in [0.25, 0.3) is 5.69 Å². The molecule has 0 heterocycles. The molecule has 116 valence electrons. The summed E-state index contributed by atoms with van der Waals surface area (Å²) in [7, 11) is 0. The Morgan fingerprint density at radius 1 is 1.17 bits per heavy atom. The Hall–Kier alpha value is -3.28. The molecule has 1 amide bonds. The van der Waals surface area contributed by atoms with Crippen molar-refractivity contribution in [2.24, 2.45) is 0 Å². The highest BCUT2D eigenvalue weighted by Crippen LogP contribution is 2.39. The van der Waals surface area contributed by atoms with E-state index in [-0.39, 0.29) is 22.5 Å². The van der Waals surface area contributed by atoms with Crippen LogP contribution in [0.4, 0.5) is 11.4 Å². The minimum Gasteiger partial charge on any atom is -0.322 e. The lowest BCUT2D eigenvalue weighted by molar-refractivity contribution is -0.384. The van der Waals surface area contributed by atoms with Crippen molar-refractivity contribution in [3.8, 4) is 11.1 Å². The maximum Gasteiger partial charge on any atom is 0.290 e. The molecular formula is C17H14N2O4. The molecular weight excluding hydrogens is 296 g/mol. The summed E-state index contributed by atoms with van der Waals surface area (Å²) in [5, 5.41) is 14.1. The number of carbonyl (C=O) groups is 2. The lowest BCUT2D eigenvalue weighted by Gasteiger charge is -2.13. The fourth-order valence-corrected chi connectivity index (χ4v) is 2.25. The molecule has 2 rings (SSSR count). The highest BCUT2D eigenvalue weighted by atomic mass is 16.6. The molecule has 6 nitrogen and oxygen atoms in total. The molecule has 0 fully saturated rings. The van der Waals surface area contributed by atoms with Gasteiger partial charge in [-0.2, -0.15) is 0 Å². The van der Waals surface area contributed by atoms with E-state index in [4.69, 9.17) is 0 Å². The van der Waals surface area contributed by atoms with Crippen molar-refractivity contribution in [2.75, 3.05) is 5.32 Å². The Kier molecular flexibility index (Phi) is 4.66. The normalized spacial score (nSPS) is 9.96. The topological polar surface area (TPSA) is 89.3 Å². The third-order valence-electron chi connectivity index (χ3n) is 3.25. The zero-order valence-electron chi connectivity index (χ0n) is 12.4. The summed E-state index contributed by atoms with van der Waals surface area (Å²) in [6, 6.07) is 11.4. The standard InChI is InChI=1S/C17H14N2O4/c1-3-15(21)18-14-10-9-13(11(2)20)17(19(22)23)16(14)12-7-5-4-6-8-12/h3-10H,1H2,2H3,(H,18,21). The second-order valence-electron chi connectivity index (χ2n) is 4.76. The minimum atomic E-state index is -0.608. The molecule has 1 N–H and O–H groups in total. The number of benzene rings is 2. The molecule has 2 aromatic rings. The largest absolute Gasteiger partial charge is 0.322 e. The van der Waals surface area contributed by atoms with Crippen molar-refractivity contribution in [3.63, 3.8) is 0 Å². The van der Waals surface area contributed by atoms with Crippen molar-refractivity contribution in [1.82, 2.24) is 0 Å². The lowest BCUT2D eigenvalue weighted by atomic mass is 9.96. The summed E-state index contributed by atoms with van der Waals surface area (Å²) in [6.45, 7) is 4.63. The van der Waals surface area contributed by atoms with Crippen LogP contribution in [-0.2, 0) is 4.79 Å². The highest BCUT2D eigenvalue weighted by Gasteiger charge is 2.26. The van der Waals surface area contributed by atoms with Gasteiger partial charge in [0.15, 0.2) is 5.78 Å². The number of hydrogen-bond donors (Lipinski definition) is 1. The summed E-state index contributed by atoms with van der Waals surface area (Å²) in [5.74, 6) is -0.914. The number of ketones is 1. The zero-order chi connectivity index (χ0) is 17.0. The van der Waals surface area contributed by atoms with E-state index >= 15 is 0 Å². The smallest absolute Gasteiger partial charge is 0.290 e. The van der Waals surface area contributed by atoms with Crippen molar-refractivity contribution < 1.29 is 14.5 Å². The number of carbonyl (C=O) groups excluding carboxylic acids is 2. The number of nitro groups is 1. The van der Waals surface area contributed by atoms with Gasteiger partial charge in [0, 0.05) is 0 Å². The molecule has 0 aliphatic heterocycles. The van der Waals surface area contributed by atoms with E-state index in [1.54, 1.807) is 30.3 Å². The molecule has 0 radical (unpaired) electrons. The predicted molar refractivity (Wildman–Crippen MR) is 87.4 cm³/mol. The highest BCUT2D eigenvalue weighted by molar-refractivity contribution is 6.07. The van der Waals surface area contributed by atoms with Crippen LogP contribution in [0.1, 0.15) is 17.3 Å². The first kappa shape index (κ1) is 16.1. The van der Waals surface area contributed by atoms with Gasteiger partial charge >= 0.3 is 0 Å². The van der Waals surface area contributed by atoms with Crippen molar-refractivity contribution in [2.45, 2.75) is 6.92 Å². The van der Waals surface area contributed by atoms with E-state index in [1.165, 1.54) is 19.1 Å². The van der Waals surface area contributed by atoms with Crippen molar-refractivity contribution >= 4 is 23.1 Å². The van der Waals surface area contributed by atoms with E-state index in [2.05, 4.69) is 11.9 Å². The average molecular weight is 310 g/mol. The van der Waals surface area contributed by atoms with Crippen LogP contribution >= 0.6 is 0 Å². The molecule has 0 aromatic heterocycles. The Morgan fingerprint density at radius 3 is 2.35 bits per heavy atom. The summed E-state index contributed by atoms with van der Waals surface area (Å²) >= 11 is 0. The molecule has 0 spiro atoms. The number of hydrogen-bond acceptors (Lipinski definition) is 4. The number of rotatable bonds is 5. The average Bonchev–Trinajstić information content (AvgIpc) is 2.54. The predicted octanol–water partition coefficient (Wildman–Crippen LogP) is 3.59. The molecule has 0 atom stereocenters. The molecule has 0 saturated heterocycles. The van der Waals surface area contributed by atoms with Crippen LogP contribution in [0.2, 0.25) is 0 Å². The molecule has 23 heavy (non-hydrogen) atoms. The van der Waals surface area contributed by atoms with Gasteiger partial charge < -0.3 is 5.32 Å². The molecule has 2 aromatic carbocycles. The fraction of sp³-hybridized carbons (Fsp3) is 0.0588. The van der Waals surface area contributed by atoms with Gasteiger partial charge in [0.1, 0.15) is 0 Å². The number of amides is 1. The molecule has 6 heteroatoms. The zero-order valence-corrected chi connectivity index (χ0v) is 12.4. The van der Waals surface area contributed by atoms with Crippen molar-refractivity contribution in [1.29, 1.82) is 0 Å².